The van der Waals surface area contributed by atoms with Crippen molar-refractivity contribution in [1.29, 1.82) is 0 Å². The molecule has 2 aliphatic heterocycles. The van der Waals surface area contributed by atoms with Crippen molar-refractivity contribution in [3.63, 3.8) is 0 Å². The molecule has 1 saturated carbocycles. The molecule has 1 aromatic heterocycles. The van der Waals surface area contributed by atoms with Gasteiger partial charge in [-0.25, -0.2) is 4.98 Å². The first-order chi connectivity index (χ1) is 25.6. The van der Waals surface area contributed by atoms with Gasteiger partial charge in [0, 0.05) is 37.2 Å². The molecule has 3 fully saturated rings. The number of aliphatic hydroxyl groups excluding tert-OH is 1. The number of carbonyl (C=O) groups is 1. The molecule has 0 spiro atoms. The van der Waals surface area contributed by atoms with Crippen LogP contribution in [-0.4, -0.2) is 51.1 Å². The molecular formula is C45H50N4O4. The van der Waals surface area contributed by atoms with Gasteiger partial charge in [0.2, 0.25) is 0 Å². The average molecular weight is 711 g/mol. The molecular weight excluding hydrogens is 661 g/mol. The molecule has 1 aliphatic carbocycles. The number of aromatic nitrogens is 2. The molecule has 4 aromatic carbocycles. The molecule has 8 nitrogen and oxygen atoms in total. The summed E-state index contributed by atoms with van der Waals surface area (Å²) < 4.78 is 13.7. The fourth-order valence-corrected chi connectivity index (χ4v) is 9.46. The number of rotatable bonds is 9. The first kappa shape index (κ1) is 35.6. The molecule has 2 saturated heterocycles. The predicted molar refractivity (Wildman–Crippen MR) is 207 cm³/mol. The van der Waals surface area contributed by atoms with Gasteiger partial charge in [-0.15, -0.1) is 0 Å². The Morgan fingerprint density at radius 3 is 2.38 bits per heavy atom. The van der Waals surface area contributed by atoms with Gasteiger partial charge < -0.3 is 19.9 Å². The van der Waals surface area contributed by atoms with Crippen molar-refractivity contribution in [1.82, 2.24) is 20.2 Å². The van der Waals surface area contributed by atoms with Gasteiger partial charge >= 0.3 is 0 Å². The van der Waals surface area contributed by atoms with E-state index in [1.165, 1.54) is 25.5 Å². The number of likely N-dealkylation sites (tertiary alicyclic amines) is 1. The fourth-order valence-electron chi connectivity index (χ4n) is 9.46. The van der Waals surface area contributed by atoms with Crippen LogP contribution in [-0.2, 0) is 22.6 Å². The first-order valence-corrected chi connectivity index (χ1v) is 19.0. The van der Waals surface area contributed by atoms with Crippen molar-refractivity contribution in [3.8, 4) is 11.1 Å². The number of fused-ring (bicyclic) bond motifs is 3. The maximum Gasteiger partial charge on any atom is 0.271 e. The maximum atomic E-state index is 13.1. The first-order valence-electron chi connectivity index (χ1n) is 19.0. The van der Waals surface area contributed by atoms with E-state index >= 15 is 0 Å². The molecule has 2 unspecified atom stereocenters. The number of para-hydroxylation sites is 2. The lowest BCUT2D eigenvalue weighted by atomic mass is 9.65. The molecule has 274 valence electrons. The lowest BCUT2D eigenvalue weighted by Gasteiger charge is -2.43. The number of nitrogens with zero attached hydrogens (tertiary/aromatic N) is 3. The third-order valence-corrected chi connectivity index (χ3v) is 11.7. The summed E-state index contributed by atoms with van der Waals surface area (Å²) in [5.41, 5.74) is 8.48. The van der Waals surface area contributed by atoms with Crippen LogP contribution in [0.15, 0.2) is 103 Å². The van der Waals surface area contributed by atoms with Crippen molar-refractivity contribution in [3.05, 3.63) is 131 Å². The van der Waals surface area contributed by atoms with Crippen molar-refractivity contribution in [2.24, 2.45) is 16.7 Å². The zero-order valence-corrected chi connectivity index (χ0v) is 31.2. The van der Waals surface area contributed by atoms with Crippen LogP contribution >= 0.6 is 0 Å². The van der Waals surface area contributed by atoms with Crippen LogP contribution in [0.2, 0.25) is 0 Å². The van der Waals surface area contributed by atoms with E-state index in [0.717, 1.165) is 52.0 Å². The number of ether oxygens (including phenoxy) is 2. The van der Waals surface area contributed by atoms with Crippen LogP contribution in [0.4, 0.5) is 0 Å². The SMILES string of the molecule is C[C@@H]1[C@H](CN2CC3(C)CC2CC(C)(C)C3)O[C@H](c2ccc(-c3ccccc3CNC(=O)c3cnc4ccccc4n3)cc2)O[C@@H]1c1ccc(CO)cc1. The lowest BCUT2D eigenvalue weighted by molar-refractivity contribution is -0.276. The molecule has 3 heterocycles. The molecule has 2 bridgehead atoms. The molecule has 0 radical (unpaired) electrons. The van der Waals surface area contributed by atoms with Gasteiger partial charge in [-0.05, 0) is 70.0 Å². The minimum absolute atomic E-state index is 0.0152. The second-order valence-electron chi connectivity index (χ2n) is 16.7. The second-order valence-corrected chi connectivity index (χ2v) is 16.7. The zero-order chi connectivity index (χ0) is 36.7. The lowest BCUT2D eigenvalue weighted by Crippen LogP contribution is -2.46. The van der Waals surface area contributed by atoms with E-state index in [1.807, 2.05) is 54.6 Å². The van der Waals surface area contributed by atoms with E-state index in [1.54, 1.807) is 0 Å². The summed E-state index contributed by atoms with van der Waals surface area (Å²) in [6.45, 7) is 11.9. The number of carbonyl (C=O) groups excluding carboxylic acids is 1. The molecule has 2 N–H and O–H groups in total. The number of benzene rings is 4. The number of hydrogen-bond donors (Lipinski definition) is 2. The van der Waals surface area contributed by atoms with E-state index in [-0.39, 0.29) is 30.6 Å². The normalized spacial score (nSPS) is 26.8. The van der Waals surface area contributed by atoms with Crippen LogP contribution in [0.3, 0.4) is 0 Å². The van der Waals surface area contributed by atoms with Crippen LogP contribution in [0.1, 0.15) is 92.1 Å². The van der Waals surface area contributed by atoms with Crippen LogP contribution in [0.25, 0.3) is 22.2 Å². The summed E-state index contributed by atoms with van der Waals surface area (Å²) in [5, 5.41) is 12.7. The van der Waals surface area contributed by atoms with Gasteiger partial charge in [0.05, 0.1) is 36.0 Å². The summed E-state index contributed by atoms with van der Waals surface area (Å²) in [7, 11) is 0. The Bertz CT molecular complexity index is 2080. The predicted octanol–water partition coefficient (Wildman–Crippen LogP) is 8.41. The number of nitrogens with one attached hydrogen (secondary N) is 1. The van der Waals surface area contributed by atoms with E-state index in [4.69, 9.17) is 9.47 Å². The van der Waals surface area contributed by atoms with E-state index in [9.17, 15) is 9.90 Å². The molecule has 8 heteroatoms. The van der Waals surface area contributed by atoms with Crippen LogP contribution in [0.5, 0.6) is 0 Å². The Morgan fingerprint density at radius 1 is 0.887 bits per heavy atom. The fraction of sp³-hybridized carbons (Fsp3) is 0.400. The number of aliphatic hydroxyl groups is 1. The zero-order valence-electron chi connectivity index (χ0n) is 31.2. The highest BCUT2D eigenvalue weighted by Gasteiger charge is 2.51. The molecule has 8 rings (SSSR count). The van der Waals surface area contributed by atoms with E-state index in [0.29, 0.717) is 34.6 Å². The molecule has 1 amide bonds. The van der Waals surface area contributed by atoms with Gasteiger partial charge in [0.25, 0.3) is 5.91 Å². The van der Waals surface area contributed by atoms with Gasteiger partial charge in [-0.2, -0.15) is 0 Å². The van der Waals surface area contributed by atoms with Gasteiger partial charge in [0.1, 0.15) is 5.69 Å². The highest BCUT2D eigenvalue weighted by molar-refractivity contribution is 5.93. The van der Waals surface area contributed by atoms with Gasteiger partial charge in [-0.1, -0.05) is 113 Å². The topological polar surface area (TPSA) is 96.8 Å². The monoisotopic (exact) mass is 710 g/mol. The van der Waals surface area contributed by atoms with Crippen molar-refractivity contribution < 1.29 is 19.4 Å². The average Bonchev–Trinajstić information content (AvgIpc) is 3.41. The Balaban J connectivity index is 1.01. The van der Waals surface area contributed by atoms with Crippen molar-refractivity contribution >= 4 is 16.9 Å². The Hall–Kier alpha value is -4.47. The minimum atomic E-state index is -0.528. The summed E-state index contributed by atoms with van der Waals surface area (Å²) in [5.74, 6) is -0.131. The highest BCUT2D eigenvalue weighted by Crippen LogP contribution is 2.53. The van der Waals surface area contributed by atoms with Gasteiger partial charge in [-0.3, -0.25) is 14.7 Å². The van der Waals surface area contributed by atoms with Crippen molar-refractivity contribution in [2.75, 3.05) is 13.1 Å². The number of hydrogen-bond acceptors (Lipinski definition) is 7. The third-order valence-electron chi connectivity index (χ3n) is 11.7. The Morgan fingerprint density at radius 2 is 1.60 bits per heavy atom. The Labute approximate surface area is 312 Å². The highest BCUT2D eigenvalue weighted by atomic mass is 16.7. The third kappa shape index (κ3) is 7.51. The molecule has 5 aromatic rings. The van der Waals surface area contributed by atoms with Crippen LogP contribution in [0, 0.1) is 16.7 Å². The summed E-state index contributed by atoms with van der Waals surface area (Å²) in [6, 6.07) is 32.8. The second kappa shape index (κ2) is 14.4. The molecule has 3 aliphatic rings. The van der Waals surface area contributed by atoms with Crippen LogP contribution < -0.4 is 5.32 Å². The molecule has 6 atom stereocenters. The van der Waals surface area contributed by atoms with Crippen molar-refractivity contribution in [2.45, 2.75) is 84.6 Å². The standard InChI is InChI=1S/C45H50N4O4/c1-29-40(25-49-28-45(4)22-35(49)21-44(2,3)27-45)52-43(53-41(29)32-15-13-30(26-50)14-16-32)33-19-17-31(18-20-33)36-10-6-5-9-34(36)23-47-42(51)39-24-46-37-11-7-8-12-38(37)48-39/h5-20,24,29,35,40-41,43,50H,21-23,25-28H2,1-4H3,(H,47,51)/t29-,35?,40+,41+,43+,45?/m1/s1. The smallest absolute Gasteiger partial charge is 0.271 e. The number of amides is 1. The van der Waals surface area contributed by atoms with Gasteiger partial charge in [0.15, 0.2) is 6.29 Å². The Kier molecular flexibility index (Phi) is 9.66. The summed E-state index contributed by atoms with van der Waals surface area (Å²) >= 11 is 0. The largest absolute Gasteiger partial charge is 0.392 e. The quantitative estimate of drug-likeness (QED) is 0.159. The van der Waals surface area contributed by atoms with E-state index in [2.05, 4.69) is 90.3 Å². The maximum absolute atomic E-state index is 13.1. The van der Waals surface area contributed by atoms with E-state index < -0.39 is 6.29 Å². The summed E-state index contributed by atoms with van der Waals surface area (Å²) in [6.07, 6.45) is 4.57. The molecule has 53 heavy (non-hydrogen) atoms. The minimum Gasteiger partial charge on any atom is -0.392 e. The summed E-state index contributed by atoms with van der Waals surface area (Å²) in [4.78, 5) is 24.7.